The molecule has 0 bridgehead atoms. The second-order valence-corrected chi connectivity index (χ2v) is 4.02. The van der Waals surface area contributed by atoms with Gasteiger partial charge in [0.15, 0.2) is 5.76 Å². The van der Waals surface area contributed by atoms with Crippen molar-refractivity contribution in [2.45, 2.75) is 6.42 Å². The summed E-state index contributed by atoms with van der Waals surface area (Å²) in [6.45, 7) is -1.48. The molecule has 0 atom stereocenters. The summed E-state index contributed by atoms with van der Waals surface area (Å²) in [5.74, 6) is -3.75. The number of furan rings is 1. The Bertz CT molecular complexity index is 508. The number of carboxylic acid groups (broad SMARTS) is 2. The van der Waals surface area contributed by atoms with E-state index in [9.17, 15) is 19.2 Å². The fourth-order valence-corrected chi connectivity index (χ4v) is 1.49. The number of rotatable bonds is 8. The minimum absolute atomic E-state index is 0.0614. The Morgan fingerprint density at radius 1 is 1.14 bits per heavy atom. The predicted octanol–water partition coefficient (Wildman–Crippen LogP) is -0.603. The highest BCUT2D eigenvalue weighted by Gasteiger charge is 2.19. The lowest BCUT2D eigenvalue weighted by molar-refractivity contribution is -0.149. The first-order valence-corrected chi connectivity index (χ1v) is 5.93. The van der Waals surface area contributed by atoms with Crippen LogP contribution in [-0.4, -0.2) is 58.5 Å². The zero-order valence-electron chi connectivity index (χ0n) is 10.9. The molecule has 1 aromatic rings. The van der Waals surface area contributed by atoms with Crippen molar-refractivity contribution in [3.8, 4) is 0 Å². The van der Waals surface area contributed by atoms with Crippen molar-refractivity contribution in [2.75, 3.05) is 19.6 Å². The van der Waals surface area contributed by atoms with Crippen molar-refractivity contribution in [1.82, 2.24) is 10.2 Å². The van der Waals surface area contributed by atoms with Crippen LogP contribution in [0.25, 0.3) is 0 Å². The molecule has 0 aliphatic rings. The van der Waals surface area contributed by atoms with Gasteiger partial charge in [0.05, 0.1) is 6.26 Å². The Morgan fingerprint density at radius 2 is 1.76 bits per heavy atom. The third kappa shape index (κ3) is 5.76. The Hall–Kier alpha value is -2.84. The summed E-state index contributed by atoms with van der Waals surface area (Å²) >= 11 is 0. The SMILES string of the molecule is O=C(O)CN(CC(=O)O)C(=O)CCNC(=O)c1ccco1. The standard InChI is InChI=1S/C12H14N2O7/c15-9(14(6-10(16)17)7-11(18)19)3-4-13-12(20)8-2-1-5-21-8/h1-2,5H,3-4,6-7H2,(H,13,20)(H,16,17)(H,18,19). The minimum Gasteiger partial charge on any atom is -0.480 e. The normalized spacial score (nSPS) is 9.90. The number of hydrogen-bond acceptors (Lipinski definition) is 5. The van der Waals surface area contributed by atoms with Gasteiger partial charge < -0.3 is 24.8 Å². The van der Waals surface area contributed by atoms with E-state index in [0.29, 0.717) is 4.90 Å². The van der Waals surface area contributed by atoms with Crippen LogP contribution in [0.1, 0.15) is 17.0 Å². The topological polar surface area (TPSA) is 137 Å². The van der Waals surface area contributed by atoms with E-state index in [0.717, 1.165) is 0 Å². The lowest BCUT2D eigenvalue weighted by Crippen LogP contribution is -2.40. The smallest absolute Gasteiger partial charge is 0.323 e. The Kier molecular flexibility index (Phi) is 5.93. The zero-order valence-corrected chi connectivity index (χ0v) is 10.9. The first-order valence-electron chi connectivity index (χ1n) is 5.93. The van der Waals surface area contributed by atoms with Crippen molar-refractivity contribution in [2.24, 2.45) is 0 Å². The second-order valence-electron chi connectivity index (χ2n) is 4.02. The summed E-state index contributed by atoms with van der Waals surface area (Å²) in [5, 5.41) is 19.6. The Labute approximate surface area is 119 Å². The fourth-order valence-electron chi connectivity index (χ4n) is 1.49. The van der Waals surface area contributed by atoms with Crippen molar-refractivity contribution in [3.05, 3.63) is 24.2 Å². The maximum atomic E-state index is 11.7. The summed E-state index contributed by atoms with van der Waals surface area (Å²) in [6.07, 6.45) is 1.11. The van der Waals surface area contributed by atoms with Gasteiger partial charge in [0.25, 0.3) is 5.91 Å². The van der Waals surface area contributed by atoms with Gasteiger partial charge in [0.2, 0.25) is 5.91 Å². The Morgan fingerprint density at radius 3 is 2.24 bits per heavy atom. The van der Waals surface area contributed by atoms with Crippen molar-refractivity contribution < 1.29 is 33.8 Å². The monoisotopic (exact) mass is 298 g/mol. The molecule has 0 aliphatic heterocycles. The summed E-state index contributed by atoms with van der Waals surface area (Å²) in [5.41, 5.74) is 0. The van der Waals surface area contributed by atoms with Gasteiger partial charge in [-0.25, -0.2) is 0 Å². The predicted molar refractivity (Wildman–Crippen MR) is 67.5 cm³/mol. The number of aliphatic carboxylic acids is 2. The third-order valence-electron chi connectivity index (χ3n) is 2.37. The molecule has 114 valence electrons. The molecule has 2 amide bonds. The molecule has 0 fully saturated rings. The first-order chi connectivity index (χ1) is 9.90. The quantitative estimate of drug-likeness (QED) is 0.582. The number of nitrogens with zero attached hydrogens (tertiary/aromatic N) is 1. The van der Waals surface area contributed by atoms with E-state index in [4.69, 9.17) is 14.6 Å². The van der Waals surface area contributed by atoms with Crippen LogP contribution in [0.2, 0.25) is 0 Å². The van der Waals surface area contributed by atoms with Crippen LogP contribution in [0.15, 0.2) is 22.8 Å². The van der Waals surface area contributed by atoms with Crippen molar-refractivity contribution in [1.29, 1.82) is 0 Å². The van der Waals surface area contributed by atoms with Gasteiger partial charge in [-0.2, -0.15) is 0 Å². The number of carboxylic acids is 2. The number of nitrogens with one attached hydrogen (secondary N) is 1. The molecule has 9 heteroatoms. The van der Waals surface area contributed by atoms with Gasteiger partial charge in [-0.15, -0.1) is 0 Å². The highest BCUT2D eigenvalue weighted by atomic mass is 16.4. The average molecular weight is 298 g/mol. The summed E-state index contributed by atoms with van der Waals surface area (Å²) < 4.78 is 4.84. The lowest BCUT2D eigenvalue weighted by Gasteiger charge is -2.18. The summed E-state index contributed by atoms with van der Waals surface area (Å²) in [4.78, 5) is 45.0. The second kappa shape index (κ2) is 7.68. The van der Waals surface area contributed by atoms with E-state index in [1.165, 1.54) is 18.4 Å². The van der Waals surface area contributed by atoms with Gasteiger partial charge in [0.1, 0.15) is 13.1 Å². The van der Waals surface area contributed by atoms with E-state index in [2.05, 4.69) is 5.32 Å². The zero-order chi connectivity index (χ0) is 15.8. The molecule has 0 saturated heterocycles. The van der Waals surface area contributed by atoms with Crippen LogP contribution in [0, 0.1) is 0 Å². The maximum Gasteiger partial charge on any atom is 0.323 e. The molecule has 1 rings (SSSR count). The molecule has 1 aromatic heterocycles. The van der Waals surface area contributed by atoms with Crippen LogP contribution < -0.4 is 5.32 Å². The molecule has 0 aromatic carbocycles. The number of carbonyl (C=O) groups excluding carboxylic acids is 2. The minimum atomic E-state index is -1.32. The molecule has 21 heavy (non-hydrogen) atoms. The van der Waals surface area contributed by atoms with Gasteiger partial charge in [-0.3, -0.25) is 19.2 Å². The highest BCUT2D eigenvalue weighted by molar-refractivity contribution is 5.92. The molecule has 0 aliphatic carbocycles. The van der Waals surface area contributed by atoms with Crippen molar-refractivity contribution in [3.63, 3.8) is 0 Å². The fraction of sp³-hybridized carbons (Fsp3) is 0.333. The largest absolute Gasteiger partial charge is 0.480 e. The number of carbonyl (C=O) groups is 4. The highest BCUT2D eigenvalue weighted by Crippen LogP contribution is 1.99. The molecule has 9 nitrogen and oxygen atoms in total. The van der Waals surface area contributed by atoms with E-state index >= 15 is 0 Å². The molecule has 1 heterocycles. The average Bonchev–Trinajstić information content (AvgIpc) is 2.90. The molecule has 0 saturated carbocycles. The van der Waals surface area contributed by atoms with Crippen molar-refractivity contribution >= 4 is 23.8 Å². The summed E-state index contributed by atoms with van der Waals surface area (Å²) in [6, 6.07) is 2.97. The molecule has 0 radical (unpaired) electrons. The van der Waals surface area contributed by atoms with E-state index in [-0.39, 0.29) is 18.7 Å². The number of hydrogen-bond donors (Lipinski definition) is 3. The van der Waals surface area contributed by atoms with E-state index in [1.807, 2.05) is 0 Å². The molecular formula is C12H14N2O7. The molecule has 3 N–H and O–H groups in total. The number of amides is 2. The van der Waals surface area contributed by atoms with Crippen LogP contribution in [0.5, 0.6) is 0 Å². The maximum absolute atomic E-state index is 11.7. The van der Waals surface area contributed by atoms with Gasteiger partial charge >= 0.3 is 11.9 Å². The van der Waals surface area contributed by atoms with Crippen LogP contribution in [0.4, 0.5) is 0 Å². The van der Waals surface area contributed by atoms with Gasteiger partial charge in [-0.1, -0.05) is 0 Å². The third-order valence-corrected chi connectivity index (χ3v) is 2.37. The molecule has 0 spiro atoms. The Balaban J connectivity index is 2.44. The van der Waals surface area contributed by atoms with Crippen LogP contribution >= 0.6 is 0 Å². The summed E-state index contributed by atoms with van der Waals surface area (Å²) in [7, 11) is 0. The molecule has 0 unspecified atom stereocenters. The van der Waals surface area contributed by atoms with Crippen LogP contribution in [-0.2, 0) is 14.4 Å². The van der Waals surface area contributed by atoms with Crippen LogP contribution in [0.3, 0.4) is 0 Å². The lowest BCUT2D eigenvalue weighted by atomic mass is 10.3. The molecular weight excluding hydrogens is 284 g/mol. The van der Waals surface area contributed by atoms with Gasteiger partial charge in [0, 0.05) is 13.0 Å². The first kappa shape index (κ1) is 16.2. The van der Waals surface area contributed by atoms with E-state index < -0.39 is 36.8 Å². The van der Waals surface area contributed by atoms with Gasteiger partial charge in [-0.05, 0) is 12.1 Å². The van der Waals surface area contributed by atoms with E-state index in [1.54, 1.807) is 0 Å².